The summed E-state index contributed by atoms with van der Waals surface area (Å²) in [4.78, 5) is 39.5. The van der Waals surface area contributed by atoms with Gasteiger partial charge in [0.1, 0.15) is 5.69 Å². The third kappa shape index (κ3) is 4.43. The molecule has 7 nitrogen and oxygen atoms in total. The first-order valence-electron chi connectivity index (χ1n) is 10.4. The zero-order valence-electron chi connectivity index (χ0n) is 17.8. The van der Waals surface area contributed by atoms with E-state index in [-0.39, 0.29) is 42.1 Å². The molecule has 1 aliphatic heterocycles. The molecule has 0 aliphatic carbocycles. The smallest absolute Gasteiger partial charge is 0.278 e. The SMILES string of the molecule is Cc1ccc(NC(=O)CCn2nc(C(=O)N3c4ccccc4CC3C)ccc2=O)cc1Cl. The van der Waals surface area contributed by atoms with E-state index in [1.165, 1.54) is 12.1 Å². The number of fused-ring (bicyclic) bond motifs is 1. The fourth-order valence-corrected chi connectivity index (χ4v) is 4.00. The molecule has 2 amide bonds. The minimum atomic E-state index is -0.373. The van der Waals surface area contributed by atoms with Crippen molar-refractivity contribution >= 4 is 34.8 Å². The van der Waals surface area contributed by atoms with Crippen molar-refractivity contribution in [1.82, 2.24) is 9.78 Å². The summed E-state index contributed by atoms with van der Waals surface area (Å²) >= 11 is 6.09. The van der Waals surface area contributed by atoms with Crippen molar-refractivity contribution in [3.05, 3.63) is 86.8 Å². The van der Waals surface area contributed by atoms with Crippen LogP contribution >= 0.6 is 11.6 Å². The molecule has 0 radical (unpaired) electrons. The molecule has 3 aromatic rings. The molecule has 2 aromatic carbocycles. The highest BCUT2D eigenvalue weighted by Crippen LogP contribution is 2.32. The molecule has 0 spiro atoms. The second kappa shape index (κ2) is 8.96. The van der Waals surface area contributed by atoms with Gasteiger partial charge in [0, 0.05) is 34.9 Å². The van der Waals surface area contributed by atoms with Gasteiger partial charge in [-0.3, -0.25) is 14.4 Å². The van der Waals surface area contributed by atoms with E-state index in [0.717, 1.165) is 27.9 Å². The van der Waals surface area contributed by atoms with Crippen LogP contribution in [0.2, 0.25) is 5.02 Å². The van der Waals surface area contributed by atoms with E-state index in [4.69, 9.17) is 11.6 Å². The summed E-state index contributed by atoms with van der Waals surface area (Å²) in [5.41, 5.74) is 3.25. The van der Waals surface area contributed by atoms with E-state index in [1.54, 1.807) is 17.0 Å². The summed E-state index contributed by atoms with van der Waals surface area (Å²) in [6, 6.07) is 15.8. The van der Waals surface area contributed by atoms with E-state index in [9.17, 15) is 14.4 Å². The van der Waals surface area contributed by atoms with Gasteiger partial charge in [0.05, 0.1) is 6.54 Å². The average molecular weight is 451 g/mol. The largest absolute Gasteiger partial charge is 0.326 e. The number of nitrogens with one attached hydrogen (secondary N) is 1. The van der Waals surface area contributed by atoms with Gasteiger partial charge in [-0.05, 0) is 55.7 Å². The maximum Gasteiger partial charge on any atom is 0.278 e. The molecule has 0 saturated carbocycles. The number of amides is 2. The number of halogens is 1. The Bertz CT molecular complexity index is 1250. The van der Waals surface area contributed by atoms with Crippen molar-refractivity contribution in [2.24, 2.45) is 0 Å². The van der Waals surface area contributed by atoms with Gasteiger partial charge in [0.15, 0.2) is 0 Å². The number of carbonyl (C=O) groups excluding carboxylic acids is 2. The fraction of sp³-hybridized carbons (Fsp3) is 0.250. The van der Waals surface area contributed by atoms with Gasteiger partial charge < -0.3 is 10.2 Å². The molecule has 1 N–H and O–H groups in total. The van der Waals surface area contributed by atoms with E-state index >= 15 is 0 Å². The third-order valence-corrected chi connectivity index (χ3v) is 5.93. The molecule has 4 rings (SSSR count). The Kier molecular flexibility index (Phi) is 6.10. The predicted octanol–water partition coefficient (Wildman–Crippen LogP) is 3.83. The van der Waals surface area contributed by atoms with E-state index in [1.807, 2.05) is 44.2 Å². The van der Waals surface area contributed by atoms with Gasteiger partial charge in [-0.15, -0.1) is 0 Å². The van der Waals surface area contributed by atoms with Crippen molar-refractivity contribution in [2.75, 3.05) is 10.2 Å². The first kappa shape index (κ1) is 21.8. The minimum absolute atomic E-state index is 0.00538. The van der Waals surface area contributed by atoms with Crippen LogP contribution in [0, 0.1) is 6.92 Å². The van der Waals surface area contributed by atoms with Gasteiger partial charge >= 0.3 is 0 Å². The number of aryl methyl sites for hydroxylation is 2. The lowest BCUT2D eigenvalue weighted by molar-refractivity contribution is -0.116. The highest BCUT2D eigenvalue weighted by Gasteiger charge is 2.32. The molecule has 1 atom stereocenters. The number of carbonyl (C=O) groups is 2. The quantitative estimate of drug-likeness (QED) is 0.640. The van der Waals surface area contributed by atoms with Crippen molar-refractivity contribution in [2.45, 2.75) is 39.3 Å². The molecule has 0 bridgehead atoms. The predicted molar refractivity (Wildman–Crippen MR) is 124 cm³/mol. The first-order chi connectivity index (χ1) is 15.3. The van der Waals surface area contributed by atoms with Gasteiger partial charge in [-0.2, -0.15) is 5.10 Å². The molecular weight excluding hydrogens is 428 g/mol. The first-order valence-corrected chi connectivity index (χ1v) is 10.8. The Labute approximate surface area is 190 Å². The second-order valence-electron chi connectivity index (χ2n) is 7.90. The lowest BCUT2D eigenvalue weighted by atomic mass is 10.1. The number of nitrogens with zero attached hydrogens (tertiary/aromatic N) is 3. The number of rotatable bonds is 5. The standard InChI is InChI=1S/C24H23ClN4O3/c1-15-7-8-18(14-19(15)25)26-22(30)11-12-28-23(31)10-9-20(27-28)24(32)29-16(2)13-17-5-3-4-6-21(17)29/h3-10,14,16H,11-13H2,1-2H3,(H,26,30). The maximum absolute atomic E-state index is 13.2. The van der Waals surface area contributed by atoms with Crippen LogP contribution in [0.5, 0.6) is 0 Å². The molecule has 1 aliphatic rings. The summed E-state index contributed by atoms with van der Waals surface area (Å²) in [5.74, 6) is -0.549. The molecule has 32 heavy (non-hydrogen) atoms. The van der Waals surface area contributed by atoms with Crippen molar-refractivity contribution < 1.29 is 9.59 Å². The summed E-state index contributed by atoms with van der Waals surface area (Å²) in [5, 5.41) is 7.56. The summed E-state index contributed by atoms with van der Waals surface area (Å²) in [6.45, 7) is 3.91. The molecule has 8 heteroatoms. The zero-order chi connectivity index (χ0) is 22.8. The Morgan fingerprint density at radius 1 is 1.16 bits per heavy atom. The topological polar surface area (TPSA) is 84.3 Å². The van der Waals surface area contributed by atoms with Gasteiger partial charge in [-0.25, -0.2) is 4.68 Å². The van der Waals surface area contributed by atoms with Crippen LogP contribution in [0.25, 0.3) is 0 Å². The maximum atomic E-state index is 13.2. The van der Waals surface area contributed by atoms with Crippen LogP contribution in [0.3, 0.4) is 0 Å². The van der Waals surface area contributed by atoms with Crippen LogP contribution in [-0.4, -0.2) is 27.6 Å². The van der Waals surface area contributed by atoms with Crippen molar-refractivity contribution in [3.63, 3.8) is 0 Å². The molecule has 2 heterocycles. The number of hydrogen-bond acceptors (Lipinski definition) is 4. The molecule has 1 aromatic heterocycles. The van der Waals surface area contributed by atoms with Crippen LogP contribution in [0.1, 0.15) is 35.0 Å². The number of para-hydroxylation sites is 1. The number of benzene rings is 2. The summed E-state index contributed by atoms with van der Waals surface area (Å²) in [6.07, 6.45) is 0.795. The lowest BCUT2D eigenvalue weighted by Gasteiger charge is -2.22. The van der Waals surface area contributed by atoms with Crippen LogP contribution < -0.4 is 15.8 Å². The van der Waals surface area contributed by atoms with Crippen LogP contribution in [0.4, 0.5) is 11.4 Å². The Morgan fingerprint density at radius 2 is 1.94 bits per heavy atom. The highest BCUT2D eigenvalue weighted by molar-refractivity contribution is 6.31. The Morgan fingerprint density at radius 3 is 2.72 bits per heavy atom. The minimum Gasteiger partial charge on any atom is -0.326 e. The molecule has 0 saturated heterocycles. The van der Waals surface area contributed by atoms with Gasteiger partial charge in [0.2, 0.25) is 5.91 Å². The normalized spacial score (nSPS) is 14.8. The fourth-order valence-electron chi connectivity index (χ4n) is 3.82. The number of aromatic nitrogens is 2. The molecule has 1 unspecified atom stereocenters. The zero-order valence-corrected chi connectivity index (χ0v) is 18.6. The summed E-state index contributed by atoms with van der Waals surface area (Å²) < 4.78 is 1.15. The van der Waals surface area contributed by atoms with Crippen LogP contribution in [0.15, 0.2) is 59.4 Å². The van der Waals surface area contributed by atoms with Crippen molar-refractivity contribution in [1.29, 1.82) is 0 Å². The summed E-state index contributed by atoms with van der Waals surface area (Å²) in [7, 11) is 0. The number of hydrogen-bond donors (Lipinski definition) is 1. The van der Waals surface area contributed by atoms with Gasteiger partial charge in [-0.1, -0.05) is 35.9 Å². The molecule has 164 valence electrons. The second-order valence-corrected chi connectivity index (χ2v) is 8.31. The van der Waals surface area contributed by atoms with E-state index in [0.29, 0.717) is 10.7 Å². The highest BCUT2D eigenvalue weighted by atomic mass is 35.5. The molecule has 0 fully saturated rings. The Balaban J connectivity index is 1.47. The van der Waals surface area contributed by atoms with Crippen molar-refractivity contribution in [3.8, 4) is 0 Å². The monoisotopic (exact) mass is 450 g/mol. The van der Waals surface area contributed by atoms with E-state index in [2.05, 4.69) is 10.4 Å². The third-order valence-electron chi connectivity index (χ3n) is 5.52. The van der Waals surface area contributed by atoms with E-state index < -0.39 is 0 Å². The Hall–Kier alpha value is -3.45. The van der Waals surface area contributed by atoms with Gasteiger partial charge in [0.25, 0.3) is 11.5 Å². The average Bonchev–Trinajstić information content (AvgIpc) is 3.11. The number of anilines is 2. The molecular formula is C24H23ClN4O3. The lowest BCUT2D eigenvalue weighted by Crippen LogP contribution is -2.37. The van der Waals surface area contributed by atoms with Crippen LogP contribution in [-0.2, 0) is 17.8 Å².